The number of aromatic nitrogens is 1. The summed E-state index contributed by atoms with van der Waals surface area (Å²) in [7, 11) is 1.77. The molecule has 1 aromatic rings. The van der Waals surface area contributed by atoms with Crippen LogP contribution in [-0.4, -0.2) is 67.8 Å². The van der Waals surface area contributed by atoms with Crippen LogP contribution in [0.25, 0.3) is 0 Å². The number of aliphatic imine (C=N–C) groups is 1. The van der Waals surface area contributed by atoms with Crippen molar-refractivity contribution in [3.8, 4) is 0 Å². The normalized spacial score (nSPS) is 31.4. The lowest BCUT2D eigenvalue weighted by atomic mass is 10.1. The smallest absolute Gasteiger partial charge is 0.367 e. The molecule has 0 saturated carbocycles. The second-order valence-electron chi connectivity index (χ2n) is 6.49. The van der Waals surface area contributed by atoms with E-state index in [1.54, 1.807) is 16.5 Å². The maximum Gasteiger partial charge on any atom is 0.367 e. The predicted molar refractivity (Wildman–Crippen MR) is 103 cm³/mol. The van der Waals surface area contributed by atoms with Crippen LogP contribution in [0.4, 0.5) is 10.6 Å². The van der Waals surface area contributed by atoms with Gasteiger partial charge >= 0.3 is 3.98 Å². The molecule has 1 fully saturated rings. The van der Waals surface area contributed by atoms with Crippen molar-refractivity contribution < 1.29 is 29.6 Å². The molecule has 150 valence electrons. The lowest BCUT2D eigenvalue weighted by Crippen LogP contribution is -2.39. The molecule has 0 radical (unpaired) electrons. The Bertz CT molecular complexity index is 768. The van der Waals surface area contributed by atoms with Gasteiger partial charge in [0, 0.05) is 18.8 Å². The molecular formula is C15H22IN5O6. The Morgan fingerprint density at radius 3 is 2.74 bits per heavy atom. The largest absolute Gasteiger partial charge is 0.455 e. The van der Waals surface area contributed by atoms with Gasteiger partial charge in [0.05, 0.1) is 28.2 Å². The van der Waals surface area contributed by atoms with E-state index in [0.29, 0.717) is 16.9 Å². The van der Waals surface area contributed by atoms with E-state index in [-0.39, 0.29) is 18.6 Å². The number of carbonyl (C=O) groups is 1. The maximum absolute atomic E-state index is 11.0. The molecule has 6 atom stereocenters. The van der Waals surface area contributed by atoms with Crippen LogP contribution in [0.1, 0.15) is 30.5 Å². The van der Waals surface area contributed by atoms with Gasteiger partial charge in [0.2, 0.25) is 0 Å². The molecule has 0 amide bonds. The van der Waals surface area contributed by atoms with Crippen LogP contribution in [0.2, 0.25) is 0 Å². The second-order valence-corrected chi connectivity index (χ2v) is 7.37. The molecule has 11 nitrogen and oxygen atoms in total. The number of nitrogens with zero attached hydrogens (tertiary/aromatic N) is 3. The number of nitrogens with two attached hydrogens (primary N) is 2. The molecule has 1 aromatic heterocycles. The fourth-order valence-electron chi connectivity index (χ4n) is 3.35. The van der Waals surface area contributed by atoms with Crippen LogP contribution in [0.3, 0.4) is 0 Å². The molecule has 0 bridgehead atoms. The lowest BCUT2D eigenvalue weighted by molar-refractivity contribution is -0.0519. The first kappa shape index (κ1) is 20.3. The van der Waals surface area contributed by atoms with Gasteiger partial charge in [0.25, 0.3) is 0 Å². The molecule has 0 aromatic carbocycles. The summed E-state index contributed by atoms with van der Waals surface area (Å²) >= 11 is 1.46. The first-order chi connectivity index (χ1) is 12.6. The highest BCUT2D eigenvalue weighted by Crippen LogP contribution is 2.39. The van der Waals surface area contributed by atoms with Crippen molar-refractivity contribution in [1.82, 2.24) is 4.57 Å². The molecule has 6 unspecified atom stereocenters. The number of carbonyl (C=O) groups excluding carboxylic acids is 1. The highest BCUT2D eigenvalue weighted by molar-refractivity contribution is 14.1. The van der Waals surface area contributed by atoms with Gasteiger partial charge in [0.1, 0.15) is 49.0 Å². The van der Waals surface area contributed by atoms with Gasteiger partial charge < -0.3 is 45.7 Å². The van der Waals surface area contributed by atoms with Crippen LogP contribution in [0, 0.1) is 0 Å². The number of amidine groups is 1. The number of rotatable bonds is 4. The standard InChI is InChI=1S/C15H22IN5O6/c1-5-19-11(17)8-6(12(18)24)3-21(13(8)20(5)2)14-10(23)9(22)7(27-14)4-26-15(16)25/h3,5,7,9-10,12,14,22-24H,4,18H2,1-2H3,(H2,17,19). The molecule has 7 N–H and O–H groups in total. The topological polar surface area (TPSA) is 169 Å². The van der Waals surface area contributed by atoms with E-state index in [0.717, 1.165) is 0 Å². The highest BCUT2D eigenvalue weighted by Gasteiger charge is 2.46. The van der Waals surface area contributed by atoms with Crippen molar-refractivity contribution in [3.05, 3.63) is 17.3 Å². The quantitative estimate of drug-likeness (QED) is 0.203. The molecule has 0 spiro atoms. The third-order valence-corrected chi connectivity index (χ3v) is 5.11. The predicted octanol–water partition coefficient (Wildman–Crippen LogP) is -0.870. The Kier molecular flexibility index (Phi) is 5.65. The van der Waals surface area contributed by atoms with Crippen molar-refractivity contribution in [2.45, 2.75) is 43.9 Å². The van der Waals surface area contributed by atoms with Gasteiger partial charge in [-0.2, -0.15) is 0 Å². The fraction of sp³-hybridized carbons (Fsp3) is 0.600. The summed E-state index contributed by atoms with van der Waals surface area (Å²) in [4.78, 5) is 17.1. The van der Waals surface area contributed by atoms with E-state index >= 15 is 0 Å². The summed E-state index contributed by atoms with van der Waals surface area (Å²) in [6.07, 6.45) is -4.59. The SMILES string of the molecule is CC1N=C(N)c2c(C(N)O)cn(C3OC(COC(=O)I)C(O)C3O)c2N1C. The Labute approximate surface area is 168 Å². The van der Waals surface area contributed by atoms with Gasteiger partial charge in [-0.1, -0.05) is 0 Å². The lowest BCUT2D eigenvalue weighted by Gasteiger charge is -2.32. The Morgan fingerprint density at radius 2 is 2.15 bits per heavy atom. The Hall–Kier alpha value is -1.45. The molecule has 0 aliphatic carbocycles. The first-order valence-corrected chi connectivity index (χ1v) is 9.30. The minimum Gasteiger partial charge on any atom is -0.455 e. The Morgan fingerprint density at radius 1 is 1.48 bits per heavy atom. The molecule has 27 heavy (non-hydrogen) atoms. The highest BCUT2D eigenvalue weighted by atomic mass is 127. The number of anilines is 1. The van der Waals surface area contributed by atoms with E-state index in [9.17, 15) is 20.1 Å². The van der Waals surface area contributed by atoms with Crippen molar-refractivity contribution in [2.24, 2.45) is 16.5 Å². The summed E-state index contributed by atoms with van der Waals surface area (Å²) in [5, 5.41) is 30.7. The van der Waals surface area contributed by atoms with Crippen LogP contribution in [0.15, 0.2) is 11.2 Å². The van der Waals surface area contributed by atoms with Crippen LogP contribution in [0.5, 0.6) is 0 Å². The number of halogens is 1. The second kappa shape index (κ2) is 7.52. The molecule has 3 heterocycles. The number of aliphatic hydroxyl groups is 3. The van der Waals surface area contributed by atoms with Gasteiger partial charge in [-0.05, 0) is 6.92 Å². The summed E-state index contributed by atoms with van der Waals surface area (Å²) in [6, 6.07) is 0. The number of fused-ring (bicyclic) bond motifs is 1. The van der Waals surface area contributed by atoms with Crippen LogP contribution >= 0.6 is 22.6 Å². The van der Waals surface area contributed by atoms with Gasteiger partial charge in [-0.25, -0.2) is 9.79 Å². The molecule has 2 aliphatic heterocycles. The third-order valence-electron chi connectivity index (χ3n) is 4.80. The molecular weight excluding hydrogens is 473 g/mol. The van der Waals surface area contributed by atoms with Gasteiger partial charge in [-0.3, -0.25) is 0 Å². The number of ether oxygens (including phenoxy) is 2. The van der Waals surface area contributed by atoms with Gasteiger partial charge in [0.15, 0.2) is 6.23 Å². The average molecular weight is 495 g/mol. The van der Waals surface area contributed by atoms with Crippen molar-refractivity contribution in [1.29, 1.82) is 0 Å². The number of hydrogen-bond acceptors (Lipinski definition) is 10. The average Bonchev–Trinajstić information content (AvgIpc) is 3.11. The fourth-order valence-corrected chi connectivity index (χ4v) is 3.53. The summed E-state index contributed by atoms with van der Waals surface area (Å²) < 4.78 is 11.6. The number of hydrogen-bond donors (Lipinski definition) is 5. The molecule has 3 rings (SSSR count). The van der Waals surface area contributed by atoms with Crippen LogP contribution < -0.4 is 16.4 Å². The Balaban J connectivity index is 2.01. The van der Waals surface area contributed by atoms with E-state index in [1.807, 2.05) is 6.92 Å². The minimum absolute atomic E-state index is 0.206. The van der Waals surface area contributed by atoms with E-state index in [1.165, 1.54) is 28.8 Å². The summed E-state index contributed by atoms with van der Waals surface area (Å²) in [5.74, 6) is 0.745. The van der Waals surface area contributed by atoms with Crippen molar-refractivity contribution in [3.63, 3.8) is 0 Å². The number of aliphatic hydroxyl groups excluding tert-OH is 3. The van der Waals surface area contributed by atoms with Crippen molar-refractivity contribution in [2.75, 3.05) is 18.6 Å². The maximum atomic E-state index is 11.0. The zero-order valence-corrected chi connectivity index (χ0v) is 16.8. The summed E-state index contributed by atoms with van der Waals surface area (Å²) in [5.41, 5.74) is 12.5. The van der Waals surface area contributed by atoms with E-state index in [4.69, 9.17) is 20.9 Å². The molecule has 12 heteroatoms. The third kappa shape index (κ3) is 3.52. The summed E-state index contributed by atoms with van der Waals surface area (Å²) in [6.45, 7) is 1.62. The first-order valence-electron chi connectivity index (χ1n) is 8.22. The zero-order valence-electron chi connectivity index (χ0n) is 14.7. The van der Waals surface area contributed by atoms with E-state index < -0.39 is 34.7 Å². The zero-order chi connectivity index (χ0) is 20.0. The molecule has 1 saturated heterocycles. The van der Waals surface area contributed by atoms with Crippen molar-refractivity contribution >= 4 is 38.2 Å². The van der Waals surface area contributed by atoms with Gasteiger partial charge in [-0.15, -0.1) is 0 Å². The van der Waals surface area contributed by atoms with Crippen LogP contribution in [-0.2, 0) is 9.47 Å². The molecule has 2 aliphatic rings. The van der Waals surface area contributed by atoms with E-state index in [2.05, 4.69) is 4.99 Å². The minimum atomic E-state index is -1.32. The monoisotopic (exact) mass is 495 g/mol.